The molecule has 1 atom stereocenters. The van der Waals surface area contributed by atoms with Crippen LogP contribution in [0.1, 0.15) is 35.6 Å². The number of hydrogen-bond acceptors (Lipinski definition) is 4. The fourth-order valence-electron chi connectivity index (χ4n) is 5.19. The summed E-state index contributed by atoms with van der Waals surface area (Å²) in [5.41, 5.74) is 6.04. The maximum absolute atomic E-state index is 10.8. The normalized spacial score (nSPS) is 16.1. The quantitative estimate of drug-likeness (QED) is 0.367. The molecule has 6 rings (SSSR count). The van der Waals surface area contributed by atoms with Gasteiger partial charge in [0.1, 0.15) is 0 Å². The van der Waals surface area contributed by atoms with Crippen LogP contribution in [0.3, 0.4) is 0 Å². The summed E-state index contributed by atoms with van der Waals surface area (Å²) in [6, 6.07) is 27.9. The van der Waals surface area contributed by atoms with Crippen LogP contribution in [-0.4, -0.2) is 17.9 Å². The van der Waals surface area contributed by atoms with Crippen molar-refractivity contribution in [2.75, 3.05) is 11.7 Å². The molecule has 0 amide bonds. The number of nitrogens with zero attached hydrogens (tertiary/aromatic N) is 1. The molecule has 2 aliphatic heterocycles. The summed E-state index contributed by atoms with van der Waals surface area (Å²) >= 11 is 0. The number of carboxylic acid groups (broad SMARTS) is 1. The van der Waals surface area contributed by atoms with Gasteiger partial charge in [-0.1, -0.05) is 48.5 Å². The fourth-order valence-corrected chi connectivity index (χ4v) is 5.19. The Hall–Kier alpha value is -3.99. The predicted molar refractivity (Wildman–Crippen MR) is 132 cm³/mol. The summed E-state index contributed by atoms with van der Waals surface area (Å²) in [7, 11) is 0. The monoisotopic (exact) mass is 451 g/mol. The highest BCUT2D eigenvalue weighted by atomic mass is 16.7. The molecular weight excluding hydrogens is 426 g/mol. The van der Waals surface area contributed by atoms with Crippen molar-refractivity contribution in [1.82, 2.24) is 0 Å². The van der Waals surface area contributed by atoms with Crippen LogP contribution >= 0.6 is 0 Å². The Morgan fingerprint density at radius 3 is 2.62 bits per heavy atom. The molecule has 0 spiro atoms. The second-order valence-corrected chi connectivity index (χ2v) is 8.90. The van der Waals surface area contributed by atoms with E-state index in [0.29, 0.717) is 6.42 Å². The van der Waals surface area contributed by atoms with Crippen molar-refractivity contribution in [2.24, 2.45) is 0 Å². The van der Waals surface area contributed by atoms with E-state index in [9.17, 15) is 4.79 Å². The van der Waals surface area contributed by atoms with Gasteiger partial charge in [-0.25, -0.2) is 0 Å². The molecular formula is C29H25NO4. The van der Waals surface area contributed by atoms with Crippen LogP contribution in [0, 0.1) is 0 Å². The molecule has 0 saturated carbocycles. The Morgan fingerprint density at radius 1 is 0.941 bits per heavy atom. The molecule has 0 fully saturated rings. The average Bonchev–Trinajstić information content (AvgIpc) is 3.48. The molecule has 0 radical (unpaired) electrons. The van der Waals surface area contributed by atoms with Gasteiger partial charge in [-0.3, -0.25) is 4.79 Å². The van der Waals surface area contributed by atoms with E-state index in [-0.39, 0.29) is 19.3 Å². The lowest BCUT2D eigenvalue weighted by molar-refractivity contribution is -0.137. The molecule has 4 aromatic rings. The lowest BCUT2D eigenvalue weighted by Crippen LogP contribution is -2.19. The zero-order valence-corrected chi connectivity index (χ0v) is 18.7. The van der Waals surface area contributed by atoms with Gasteiger partial charge >= 0.3 is 5.97 Å². The molecule has 4 aromatic carbocycles. The number of carbonyl (C=O) groups is 1. The van der Waals surface area contributed by atoms with Gasteiger partial charge in [0.25, 0.3) is 0 Å². The van der Waals surface area contributed by atoms with Crippen LogP contribution in [0.2, 0.25) is 0 Å². The summed E-state index contributed by atoms with van der Waals surface area (Å²) in [4.78, 5) is 13.3. The molecule has 1 unspecified atom stereocenters. The summed E-state index contributed by atoms with van der Waals surface area (Å²) in [5.74, 6) is 0.845. The number of ether oxygens (including phenoxy) is 2. The summed E-state index contributed by atoms with van der Waals surface area (Å²) in [5, 5.41) is 11.5. The average molecular weight is 452 g/mol. The Bertz CT molecular complexity index is 1380. The number of aryl methyl sites for hydroxylation is 1. The number of anilines is 2. The van der Waals surface area contributed by atoms with Crippen LogP contribution < -0.4 is 14.4 Å². The maximum Gasteiger partial charge on any atom is 0.303 e. The Labute approximate surface area is 198 Å². The van der Waals surface area contributed by atoms with Gasteiger partial charge in [-0.2, -0.15) is 0 Å². The van der Waals surface area contributed by atoms with Crippen molar-refractivity contribution in [3.05, 3.63) is 95.6 Å². The van der Waals surface area contributed by atoms with E-state index >= 15 is 0 Å². The van der Waals surface area contributed by atoms with E-state index in [1.54, 1.807) is 0 Å². The van der Waals surface area contributed by atoms with Crippen molar-refractivity contribution >= 4 is 28.1 Å². The van der Waals surface area contributed by atoms with Crippen LogP contribution in [0.25, 0.3) is 10.8 Å². The number of hydrogen-bond donors (Lipinski definition) is 1. The Morgan fingerprint density at radius 2 is 1.76 bits per heavy atom. The number of benzene rings is 4. The SMILES string of the molecule is O=C(O)CCCc1ccc(N2c3ccc4ccccc4c3CC2c2ccc3c(c2)OCO3)cc1. The zero-order chi connectivity index (χ0) is 23.1. The fraction of sp³-hybridized carbons (Fsp3) is 0.207. The van der Waals surface area contributed by atoms with Gasteiger partial charge in [-0.15, -0.1) is 0 Å². The second-order valence-electron chi connectivity index (χ2n) is 8.90. The molecule has 2 aliphatic rings. The summed E-state index contributed by atoms with van der Waals surface area (Å²) in [6.45, 7) is 0.265. The third-order valence-electron chi connectivity index (χ3n) is 6.84. The Kier molecular flexibility index (Phi) is 5.10. The molecule has 0 aromatic heterocycles. The first kappa shape index (κ1) is 20.6. The molecule has 0 bridgehead atoms. The molecule has 5 nitrogen and oxygen atoms in total. The number of carboxylic acids is 1. The molecule has 5 heteroatoms. The summed E-state index contributed by atoms with van der Waals surface area (Å²) < 4.78 is 11.2. The van der Waals surface area contributed by atoms with Crippen molar-refractivity contribution in [1.29, 1.82) is 0 Å². The highest BCUT2D eigenvalue weighted by Gasteiger charge is 2.33. The van der Waals surface area contributed by atoms with Crippen molar-refractivity contribution in [3.63, 3.8) is 0 Å². The third-order valence-corrected chi connectivity index (χ3v) is 6.84. The first-order valence-electron chi connectivity index (χ1n) is 11.7. The van der Waals surface area contributed by atoms with Gasteiger partial charge in [-0.05, 0) is 77.1 Å². The molecule has 34 heavy (non-hydrogen) atoms. The predicted octanol–water partition coefficient (Wildman–Crippen LogP) is 6.41. The first-order valence-corrected chi connectivity index (χ1v) is 11.7. The minimum atomic E-state index is -0.746. The molecule has 170 valence electrons. The molecule has 2 heterocycles. The van der Waals surface area contributed by atoms with E-state index in [1.165, 1.54) is 27.6 Å². The molecule has 0 aliphatic carbocycles. The van der Waals surface area contributed by atoms with Gasteiger partial charge in [0.05, 0.1) is 6.04 Å². The standard InChI is InChI=1S/C29H25NO4/c31-29(32)7-3-4-19-8-12-22(13-9-19)30-25-14-10-20-5-1-2-6-23(20)24(25)17-26(30)21-11-15-27-28(16-21)34-18-33-27/h1-2,5-6,8-16,26H,3-4,7,17-18H2,(H,31,32). The second kappa shape index (κ2) is 8.41. The largest absolute Gasteiger partial charge is 0.481 e. The van der Waals surface area contributed by atoms with Crippen LogP contribution in [-0.2, 0) is 17.6 Å². The smallest absolute Gasteiger partial charge is 0.303 e. The number of rotatable bonds is 6. The lowest BCUT2D eigenvalue weighted by Gasteiger charge is -2.28. The highest BCUT2D eigenvalue weighted by Crippen LogP contribution is 2.49. The van der Waals surface area contributed by atoms with Crippen molar-refractivity contribution in [2.45, 2.75) is 31.7 Å². The molecule has 0 saturated heterocycles. The van der Waals surface area contributed by atoms with E-state index in [1.807, 2.05) is 6.07 Å². The Balaban J connectivity index is 1.40. The van der Waals surface area contributed by atoms with Crippen molar-refractivity contribution in [3.8, 4) is 11.5 Å². The van der Waals surface area contributed by atoms with Crippen LogP contribution in [0.4, 0.5) is 11.4 Å². The highest BCUT2D eigenvalue weighted by molar-refractivity contribution is 5.93. The van der Waals surface area contributed by atoms with E-state index < -0.39 is 5.97 Å². The van der Waals surface area contributed by atoms with E-state index in [0.717, 1.165) is 35.6 Å². The summed E-state index contributed by atoms with van der Waals surface area (Å²) in [6.07, 6.45) is 2.50. The van der Waals surface area contributed by atoms with Gasteiger partial charge in [0.15, 0.2) is 11.5 Å². The lowest BCUT2D eigenvalue weighted by atomic mass is 9.98. The minimum Gasteiger partial charge on any atom is -0.481 e. The van der Waals surface area contributed by atoms with Gasteiger partial charge in [0, 0.05) is 17.8 Å². The first-order chi connectivity index (χ1) is 16.7. The van der Waals surface area contributed by atoms with Gasteiger partial charge < -0.3 is 19.5 Å². The number of fused-ring (bicyclic) bond motifs is 4. The van der Waals surface area contributed by atoms with E-state index in [2.05, 4.69) is 77.7 Å². The maximum atomic E-state index is 10.8. The third kappa shape index (κ3) is 3.63. The van der Waals surface area contributed by atoms with Crippen LogP contribution in [0.5, 0.6) is 11.5 Å². The van der Waals surface area contributed by atoms with Gasteiger partial charge in [0.2, 0.25) is 6.79 Å². The zero-order valence-electron chi connectivity index (χ0n) is 18.7. The molecule has 1 N–H and O–H groups in total. The van der Waals surface area contributed by atoms with E-state index in [4.69, 9.17) is 14.6 Å². The van der Waals surface area contributed by atoms with Crippen LogP contribution in [0.15, 0.2) is 78.9 Å². The minimum absolute atomic E-state index is 0.133. The number of aliphatic carboxylic acids is 1. The topological polar surface area (TPSA) is 59.0 Å². The van der Waals surface area contributed by atoms with Crippen molar-refractivity contribution < 1.29 is 19.4 Å².